The Morgan fingerprint density at radius 2 is 2.29 bits per heavy atom. The molecule has 1 aliphatic rings. The van der Waals surface area contributed by atoms with Crippen LogP contribution in [0.4, 0.5) is 0 Å². The average Bonchev–Trinajstić information content (AvgIpc) is 2.26. The zero-order valence-corrected chi connectivity index (χ0v) is 11.9. The first-order chi connectivity index (χ1) is 7.59. The van der Waals surface area contributed by atoms with Crippen molar-refractivity contribution in [2.45, 2.75) is 16.6 Å². The van der Waals surface area contributed by atoms with Crippen LogP contribution in [0.5, 0.6) is 5.75 Å². The van der Waals surface area contributed by atoms with Crippen molar-refractivity contribution in [2.75, 3.05) is 12.4 Å². The zero-order valence-electron chi connectivity index (χ0n) is 9.48. The molecule has 1 aromatic carbocycles. The quantitative estimate of drug-likeness (QED) is 0.477. The van der Waals surface area contributed by atoms with E-state index in [0.29, 0.717) is 11.8 Å². The lowest BCUT2D eigenvalue weighted by Gasteiger charge is -2.33. The van der Waals surface area contributed by atoms with Gasteiger partial charge in [0.2, 0.25) is 0 Å². The number of benzene rings is 1. The molecule has 0 saturated heterocycles. The molecule has 0 spiro atoms. The second kappa shape index (κ2) is 5.89. The van der Waals surface area contributed by atoms with Gasteiger partial charge in [-0.15, -0.1) is 11.8 Å². The van der Waals surface area contributed by atoms with Crippen LogP contribution in [0.2, 0.25) is 0 Å². The fourth-order valence-electron chi connectivity index (χ4n) is 1.49. The first kappa shape index (κ1) is 14.5. The molecule has 3 nitrogen and oxygen atoms in total. The molecule has 1 aromatic rings. The lowest BCUT2D eigenvalue weighted by atomic mass is 10.2. The van der Waals surface area contributed by atoms with Crippen molar-refractivity contribution in [3.05, 3.63) is 24.3 Å². The van der Waals surface area contributed by atoms with Crippen molar-refractivity contribution >= 4 is 28.7 Å². The largest absolute Gasteiger partial charge is 1.00 e. The Morgan fingerprint density at radius 3 is 3.00 bits per heavy atom. The van der Waals surface area contributed by atoms with Crippen LogP contribution >= 0.6 is 23.5 Å². The number of para-hydroxylation sites is 1. The molecular formula is C11H15ClN2OS2. The Hall–Kier alpha value is -0.520. The van der Waals surface area contributed by atoms with E-state index in [1.807, 2.05) is 30.0 Å². The third-order valence-electron chi connectivity index (χ3n) is 2.28. The van der Waals surface area contributed by atoms with Crippen molar-refractivity contribution in [1.82, 2.24) is 0 Å². The highest BCUT2D eigenvalue weighted by Gasteiger charge is 2.32. The number of fused-ring (bicyclic) bond motifs is 1. The summed E-state index contributed by atoms with van der Waals surface area (Å²) in [5.74, 6) is 1.83. The Kier molecular flexibility index (Phi) is 5.04. The van der Waals surface area contributed by atoms with Crippen LogP contribution in [0.15, 0.2) is 29.2 Å². The van der Waals surface area contributed by atoms with Gasteiger partial charge in [0, 0.05) is 5.75 Å². The summed E-state index contributed by atoms with van der Waals surface area (Å²) in [4.78, 5) is 1.19. The van der Waals surface area contributed by atoms with E-state index in [1.54, 1.807) is 0 Å². The van der Waals surface area contributed by atoms with Gasteiger partial charge >= 0.3 is 0 Å². The van der Waals surface area contributed by atoms with Gasteiger partial charge in [-0.1, -0.05) is 12.1 Å². The van der Waals surface area contributed by atoms with Crippen LogP contribution in [-0.4, -0.2) is 22.3 Å². The minimum absolute atomic E-state index is 0. The number of ether oxygens (including phenoxy) is 1. The molecule has 4 N–H and O–H groups in total. The highest BCUT2D eigenvalue weighted by atomic mass is 35.5. The monoisotopic (exact) mass is 290 g/mol. The molecule has 0 fully saturated rings. The van der Waals surface area contributed by atoms with Crippen molar-refractivity contribution in [3.63, 3.8) is 0 Å². The van der Waals surface area contributed by atoms with Crippen molar-refractivity contribution in [1.29, 1.82) is 0 Å². The van der Waals surface area contributed by atoms with Gasteiger partial charge in [-0.2, -0.15) is 0 Å². The predicted molar refractivity (Wildman–Crippen MR) is 69.8 cm³/mol. The lowest BCUT2D eigenvalue weighted by molar-refractivity contribution is -0.110. The van der Waals surface area contributed by atoms with E-state index >= 15 is 0 Å². The first-order valence-corrected chi connectivity index (χ1v) is 6.81. The van der Waals surface area contributed by atoms with E-state index in [2.05, 4.69) is 13.0 Å². The van der Waals surface area contributed by atoms with Gasteiger partial charge < -0.3 is 17.1 Å². The van der Waals surface area contributed by atoms with Gasteiger partial charge in [0.05, 0.1) is 9.64 Å². The number of hydrogen-bond acceptors (Lipinski definition) is 3. The number of nitrogens with two attached hydrogens (primary N) is 2. The lowest BCUT2D eigenvalue weighted by Crippen LogP contribution is -3.00. The normalized spacial score (nSPS) is 21.9. The number of amidine groups is 1. The van der Waals surface area contributed by atoms with Gasteiger partial charge in [-0.05, 0) is 30.8 Å². The van der Waals surface area contributed by atoms with E-state index in [9.17, 15) is 0 Å². The smallest absolute Gasteiger partial charge is 0.299 e. The minimum atomic E-state index is 0. The van der Waals surface area contributed by atoms with E-state index in [-0.39, 0.29) is 17.2 Å². The van der Waals surface area contributed by atoms with Crippen LogP contribution in [-0.2, 0) is 0 Å². The molecule has 17 heavy (non-hydrogen) atoms. The fraction of sp³-hybridized carbons (Fsp3) is 0.364. The maximum Gasteiger partial charge on any atom is 0.299 e. The van der Waals surface area contributed by atoms with Gasteiger partial charge in [0.25, 0.3) is 5.17 Å². The van der Waals surface area contributed by atoms with Gasteiger partial charge in [-0.3, -0.25) is 11.1 Å². The van der Waals surface area contributed by atoms with Crippen molar-refractivity contribution in [2.24, 2.45) is 5.73 Å². The summed E-state index contributed by atoms with van der Waals surface area (Å²) in [5.41, 5.74) is 5.47. The molecule has 1 aliphatic heterocycles. The second-order valence-electron chi connectivity index (χ2n) is 3.98. The molecule has 0 saturated carbocycles. The molecule has 1 heterocycles. The molecule has 0 radical (unpaired) electrons. The Labute approximate surface area is 116 Å². The Morgan fingerprint density at radius 1 is 1.59 bits per heavy atom. The predicted octanol–water partition coefficient (Wildman–Crippen LogP) is -2.26. The highest BCUT2D eigenvalue weighted by Crippen LogP contribution is 2.44. The summed E-state index contributed by atoms with van der Waals surface area (Å²) in [6.07, 6.45) is 0. The van der Waals surface area contributed by atoms with Gasteiger partial charge in [0.15, 0.2) is 0 Å². The molecule has 0 aromatic heterocycles. The standard InChI is InChI=1S/C11H14N2OS2.ClH/c1-11(7-15-10(12)13)6-14-8-4-2-3-5-9(8)16-11;/h2-5H,6-7H2,1H3,(H3,12,13);1H. The zero-order chi connectivity index (χ0) is 11.6. The molecule has 2 rings (SSSR count). The molecule has 0 bridgehead atoms. The highest BCUT2D eigenvalue weighted by molar-refractivity contribution is 8.14. The van der Waals surface area contributed by atoms with Crippen LogP contribution in [0, 0.1) is 0 Å². The van der Waals surface area contributed by atoms with Crippen molar-refractivity contribution < 1.29 is 22.6 Å². The summed E-state index contributed by atoms with van der Waals surface area (Å²) < 4.78 is 5.78. The summed E-state index contributed by atoms with van der Waals surface area (Å²) in [6, 6.07) is 8.09. The van der Waals surface area contributed by atoms with E-state index in [0.717, 1.165) is 11.5 Å². The Balaban J connectivity index is 0.00000144. The van der Waals surface area contributed by atoms with Gasteiger partial charge in [0.1, 0.15) is 12.4 Å². The summed E-state index contributed by atoms with van der Waals surface area (Å²) in [6.45, 7) is 2.86. The molecule has 94 valence electrons. The van der Waals surface area contributed by atoms with Crippen LogP contribution < -0.4 is 28.3 Å². The van der Waals surface area contributed by atoms with E-state index in [1.165, 1.54) is 16.7 Å². The van der Waals surface area contributed by atoms with Gasteiger partial charge in [-0.25, -0.2) is 0 Å². The third-order valence-corrected chi connectivity index (χ3v) is 4.89. The topological polar surface area (TPSA) is 60.8 Å². The number of rotatable bonds is 2. The summed E-state index contributed by atoms with van der Waals surface area (Å²) >= 11 is 3.31. The fourth-order valence-corrected chi connectivity index (χ4v) is 3.48. The first-order valence-electron chi connectivity index (χ1n) is 5.01. The molecule has 6 heteroatoms. The van der Waals surface area contributed by atoms with Crippen LogP contribution in [0.3, 0.4) is 0 Å². The van der Waals surface area contributed by atoms with Crippen molar-refractivity contribution in [3.8, 4) is 5.75 Å². The SMILES string of the molecule is CC1(CSC(N)=[NH2+])COc2ccccc2S1.[Cl-]. The number of halogens is 1. The summed E-state index contributed by atoms with van der Waals surface area (Å²) in [5, 5.41) is 5.89. The third kappa shape index (κ3) is 3.72. The minimum Gasteiger partial charge on any atom is -1.00 e. The maximum absolute atomic E-state index is 5.75. The Bertz CT molecular complexity index is 416. The maximum atomic E-state index is 5.75. The molecular weight excluding hydrogens is 276 g/mol. The molecule has 1 unspecified atom stereocenters. The molecule has 1 atom stereocenters. The van der Waals surface area contributed by atoms with E-state index < -0.39 is 0 Å². The average molecular weight is 291 g/mol. The second-order valence-corrected chi connectivity index (χ2v) is 6.66. The molecule has 0 amide bonds. The molecule has 0 aliphatic carbocycles. The van der Waals surface area contributed by atoms with Crippen LogP contribution in [0.25, 0.3) is 0 Å². The summed E-state index contributed by atoms with van der Waals surface area (Å²) in [7, 11) is 0. The number of thioether (sulfide) groups is 2. The number of hydrogen-bond donors (Lipinski definition) is 2. The van der Waals surface area contributed by atoms with E-state index in [4.69, 9.17) is 15.9 Å². The van der Waals surface area contributed by atoms with Crippen LogP contribution in [0.1, 0.15) is 6.92 Å².